The van der Waals surface area contributed by atoms with E-state index in [9.17, 15) is 9.90 Å². The number of aliphatic hydroxyl groups is 1. The predicted octanol–water partition coefficient (Wildman–Crippen LogP) is 2.87. The molecule has 1 aromatic carbocycles. The number of amides is 1. The van der Waals surface area contributed by atoms with Crippen molar-refractivity contribution in [2.45, 2.75) is 25.8 Å². The van der Waals surface area contributed by atoms with Gasteiger partial charge >= 0.3 is 0 Å². The molecule has 4 nitrogen and oxygen atoms in total. The molecule has 19 heavy (non-hydrogen) atoms. The molecule has 0 saturated heterocycles. The molecule has 1 atom stereocenters. The Morgan fingerprint density at radius 2 is 2.16 bits per heavy atom. The van der Waals surface area contributed by atoms with E-state index in [0.717, 1.165) is 8.95 Å². The van der Waals surface area contributed by atoms with Gasteiger partial charge in [-0.3, -0.25) is 4.79 Å². The summed E-state index contributed by atoms with van der Waals surface area (Å²) in [5.41, 5.74) is -0.600. The minimum Gasteiger partial charge on any atom is -0.483 e. The molecule has 6 heteroatoms. The number of nitrogens with one attached hydrogen (secondary N) is 1. The highest BCUT2D eigenvalue weighted by molar-refractivity contribution is 9.11. The van der Waals surface area contributed by atoms with E-state index in [1.165, 1.54) is 0 Å². The van der Waals surface area contributed by atoms with Crippen LogP contribution in [0.1, 0.15) is 20.3 Å². The number of hydrogen-bond donors (Lipinski definition) is 2. The highest BCUT2D eigenvalue weighted by atomic mass is 79.9. The number of benzene rings is 1. The van der Waals surface area contributed by atoms with E-state index in [1.54, 1.807) is 13.0 Å². The van der Waals surface area contributed by atoms with Crippen LogP contribution >= 0.6 is 31.9 Å². The molecule has 1 rings (SSSR count). The molecule has 1 amide bonds. The summed E-state index contributed by atoms with van der Waals surface area (Å²) in [6.45, 7) is 3.51. The van der Waals surface area contributed by atoms with Gasteiger partial charge in [0.2, 0.25) is 0 Å². The second-order valence-corrected chi connectivity index (χ2v) is 6.25. The Morgan fingerprint density at radius 1 is 1.47 bits per heavy atom. The number of carbonyl (C=O) groups is 1. The summed E-state index contributed by atoms with van der Waals surface area (Å²) in [6, 6.07) is 5.45. The zero-order chi connectivity index (χ0) is 14.5. The zero-order valence-electron chi connectivity index (χ0n) is 10.9. The van der Waals surface area contributed by atoms with Gasteiger partial charge in [-0.25, -0.2) is 0 Å². The van der Waals surface area contributed by atoms with E-state index in [4.69, 9.17) is 4.74 Å². The molecule has 2 N–H and O–H groups in total. The first-order valence-corrected chi connectivity index (χ1v) is 7.48. The first-order valence-electron chi connectivity index (χ1n) is 5.90. The molecule has 0 bridgehead atoms. The average molecular weight is 395 g/mol. The Balaban J connectivity index is 2.55. The highest BCUT2D eigenvalue weighted by Gasteiger charge is 2.23. The Labute approximate surface area is 129 Å². The third kappa shape index (κ3) is 5.12. The second kappa shape index (κ2) is 7.26. The van der Waals surface area contributed by atoms with Gasteiger partial charge in [0.15, 0.2) is 6.61 Å². The molecular weight excluding hydrogens is 378 g/mol. The van der Waals surface area contributed by atoms with Crippen LogP contribution in [0.4, 0.5) is 0 Å². The van der Waals surface area contributed by atoms with Crippen LogP contribution in [-0.2, 0) is 4.79 Å². The molecule has 0 saturated carbocycles. The van der Waals surface area contributed by atoms with Crippen molar-refractivity contribution < 1.29 is 14.6 Å². The number of carbonyl (C=O) groups excluding carboxylic acids is 1. The summed E-state index contributed by atoms with van der Waals surface area (Å²) in [6.07, 6.45) is 0.650. The van der Waals surface area contributed by atoms with Crippen LogP contribution in [0.2, 0.25) is 0 Å². The monoisotopic (exact) mass is 393 g/mol. The lowest BCUT2D eigenvalue weighted by Crippen LogP contribution is -2.49. The van der Waals surface area contributed by atoms with E-state index in [2.05, 4.69) is 37.2 Å². The van der Waals surface area contributed by atoms with E-state index in [-0.39, 0.29) is 19.1 Å². The molecule has 1 unspecified atom stereocenters. The number of rotatable bonds is 6. The van der Waals surface area contributed by atoms with Crippen LogP contribution in [0.5, 0.6) is 5.75 Å². The second-order valence-electron chi connectivity index (χ2n) is 4.48. The lowest BCUT2D eigenvalue weighted by atomic mass is 10.0. The van der Waals surface area contributed by atoms with E-state index >= 15 is 0 Å². The largest absolute Gasteiger partial charge is 0.483 e. The summed E-state index contributed by atoms with van der Waals surface area (Å²) >= 11 is 6.70. The molecule has 0 aliphatic heterocycles. The topological polar surface area (TPSA) is 58.6 Å². The maximum atomic E-state index is 11.8. The SMILES string of the molecule is CCC(C)(CO)NC(=O)COc1ccc(Br)cc1Br. The smallest absolute Gasteiger partial charge is 0.258 e. The Kier molecular flexibility index (Phi) is 6.29. The molecule has 106 valence electrons. The molecule has 0 radical (unpaired) electrons. The van der Waals surface area contributed by atoms with Crippen molar-refractivity contribution in [2.24, 2.45) is 0 Å². The Bertz CT molecular complexity index is 448. The van der Waals surface area contributed by atoms with Gasteiger partial charge in [0.1, 0.15) is 5.75 Å². The summed E-state index contributed by atoms with van der Waals surface area (Å²) in [5.74, 6) is 0.341. The molecule has 0 heterocycles. The lowest BCUT2D eigenvalue weighted by molar-refractivity contribution is -0.125. The Hall–Kier alpha value is -0.590. The number of halogens is 2. The van der Waals surface area contributed by atoms with Crippen molar-refractivity contribution in [1.82, 2.24) is 5.32 Å². The van der Waals surface area contributed by atoms with Crippen molar-refractivity contribution in [2.75, 3.05) is 13.2 Å². The average Bonchev–Trinajstić information content (AvgIpc) is 2.37. The molecule has 0 aliphatic carbocycles. The van der Waals surface area contributed by atoms with Crippen LogP contribution in [0, 0.1) is 0 Å². The first kappa shape index (κ1) is 16.5. The Morgan fingerprint density at radius 3 is 2.68 bits per heavy atom. The van der Waals surface area contributed by atoms with Crippen LogP contribution in [0.3, 0.4) is 0 Å². The van der Waals surface area contributed by atoms with Gasteiger partial charge in [0, 0.05) is 4.47 Å². The van der Waals surface area contributed by atoms with E-state index < -0.39 is 5.54 Å². The highest BCUT2D eigenvalue weighted by Crippen LogP contribution is 2.28. The number of aliphatic hydroxyl groups excluding tert-OH is 1. The third-order valence-corrected chi connectivity index (χ3v) is 3.94. The third-order valence-electron chi connectivity index (χ3n) is 2.82. The van der Waals surface area contributed by atoms with E-state index in [1.807, 2.05) is 19.1 Å². The van der Waals surface area contributed by atoms with Gasteiger partial charge < -0.3 is 15.2 Å². The minimum atomic E-state index is -0.600. The van der Waals surface area contributed by atoms with Crippen molar-refractivity contribution in [3.63, 3.8) is 0 Å². The standard InChI is InChI=1S/C13H17Br2NO3/c1-3-13(2,8-17)16-12(18)7-19-11-5-4-9(14)6-10(11)15/h4-6,17H,3,7-8H2,1-2H3,(H,16,18). The fourth-order valence-corrected chi connectivity index (χ4v) is 2.51. The van der Waals surface area contributed by atoms with Crippen molar-refractivity contribution in [1.29, 1.82) is 0 Å². The molecule has 0 fully saturated rings. The zero-order valence-corrected chi connectivity index (χ0v) is 14.0. The van der Waals surface area contributed by atoms with Gasteiger partial charge in [-0.1, -0.05) is 22.9 Å². The number of ether oxygens (including phenoxy) is 1. The van der Waals surface area contributed by atoms with Gasteiger partial charge in [0.05, 0.1) is 16.6 Å². The summed E-state index contributed by atoms with van der Waals surface area (Å²) in [7, 11) is 0. The molecule has 1 aromatic rings. The van der Waals surface area contributed by atoms with Gasteiger partial charge in [-0.05, 0) is 47.5 Å². The summed E-state index contributed by atoms with van der Waals surface area (Å²) in [5, 5.41) is 12.0. The van der Waals surface area contributed by atoms with Crippen molar-refractivity contribution >= 4 is 37.8 Å². The minimum absolute atomic E-state index is 0.0875. The first-order chi connectivity index (χ1) is 8.90. The van der Waals surface area contributed by atoms with Crippen molar-refractivity contribution in [3.05, 3.63) is 27.1 Å². The van der Waals surface area contributed by atoms with Gasteiger partial charge in [0.25, 0.3) is 5.91 Å². The van der Waals surface area contributed by atoms with Gasteiger partial charge in [-0.2, -0.15) is 0 Å². The lowest BCUT2D eigenvalue weighted by Gasteiger charge is -2.27. The van der Waals surface area contributed by atoms with E-state index in [0.29, 0.717) is 12.2 Å². The summed E-state index contributed by atoms with van der Waals surface area (Å²) < 4.78 is 7.13. The van der Waals surface area contributed by atoms with Crippen molar-refractivity contribution in [3.8, 4) is 5.75 Å². The fourth-order valence-electron chi connectivity index (χ4n) is 1.35. The predicted molar refractivity (Wildman–Crippen MR) is 81.3 cm³/mol. The van der Waals surface area contributed by atoms with Gasteiger partial charge in [-0.15, -0.1) is 0 Å². The molecule has 0 aliphatic rings. The number of hydrogen-bond acceptors (Lipinski definition) is 3. The summed E-state index contributed by atoms with van der Waals surface area (Å²) in [4.78, 5) is 11.8. The molecule has 0 spiro atoms. The van der Waals surface area contributed by atoms with Crippen LogP contribution in [0.25, 0.3) is 0 Å². The van der Waals surface area contributed by atoms with Crippen LogP contribution < -0.4 is 10.1 Å². The maximum Gasteiger partial charge on any atom is 0.258 e. The quantitative estimate of drug-likeness (QED) is 0.779. The molecule has 0 aromatic heterocycles. The van der Waals surface area contributed by atoms with Crippen LogP contribution in [-0.4, -0.2) is 29.8 Å². The normalized spacial score (nSPS) is 13.7. The maximum absolute atomic E-state index is 11.8. The molecular formula is C13H17Br2NO3. The van der Waals surface area contributed by atoms with Crippen LogP contribution in [0.15, 0.2) is 27.1 Å². The fraction of sp³-hybridized carbons (Fsp3) is 0.462.